The molecule has 4 aromatic rings. The first kappa shape index (κ1) is 17.7. The lowest BCUT2D eigenvalue weighted by Crippen LogP contribution is -2.12. The molecule has 0 saturated heterocycles. The van der Waals surface area contributed by atoms with Crippen molar-refractivity contribution in [2.45, 2.75) is 19.9 Å². The highest BCUT2D eigenvalue weighted by Crippen LogP contribution is 2.18. The minimum absolute atomic E-state index is 0.0677. The van der Waals surface area contributed by atoms with Gasteiger partial charge in [-0.05, 0) is 25.1 Å². The highest BCUT2D eigenvalue weighted by atomic mass is 16.1. The van der Waals surface area contributed by atoms with Gasteiger partial charge in [0.1, 0.15) is 6.33 Å². The van der Waals surface area contributed by atoms with Crippen LogP contribution in [0.2, 0.25) is 0 Å². The third kappa shape index (κ3) is 4.15. The number of carbonyl (C=O) groups excluding carboxylic acids is 1. The number of nitrogens with zero attached hydrogens (tertiary/aromatic N) is 6. The number of Topliss-reactive ketones (excluding diaryl/α,β-unsaturated/α-hetero) is 1. The predicted octanol–water partition coefficient (Wildman–Crippen LogP) is 2.92. The second kappa shape index (κ2) is 7.87. The van der Waals surface area contributed by atoms with E-state index < -0.39 is 0 Å². The van der Waals surface area contributed by atoms with Crippen molar-refractivity contribution in [3.05, 3.63) is 79.3 Å². The summed E-state index contributed by atoms with van der Waals surface area (Å²) in [6, 6.07) is 7.66. The topological polar surface area (TPSA) is 86.5 Å². The van der Waals surface area contributed by atoms with Gasteiger partial charge in [0, 0.05) is 59.1 Å². The number of carbonyl (C=O) groups is 1. The largest absolute Gasteiger partial charge is 0.329 e. The summed E-state index contributed by atoms with van der Waals surface area (Å²) >= 11 is 0. The summed E-state index contributed by atoms with van der Waals surface area (Å²) in [7, 11) is 0. The standard InChI is InChI=1S/C21H18N6O/c1-15-6-16(4-5-24-15)21-12-27(14-26-21)11-20(28)7-19-3-2-17(10-25-19)18-8-22-13-23-9-18/h2-6,8-10,12-14H,7,11H2,1H3. The number of hydrogen-bond donors (Lipinski definition) is 0. The number of aryl methyl sites for hydroxylation is 1. The molecule has 0 unspecified atom stereocenters. The van der Waals surface area contributed by atoms with Crippen molar-refractivity contribution in [1.29, 1.82) is 0 Å². The van der Waals surface area contributed by atoms with Crippen LogP contribution in [0, 0.1) is 6.92 Å². The van der Waals surface area contributed by atoms with E-state index in [1.807, 2.05) is 37.4 Å². The summed E-state index contributed by atoms with van der Waals surface area (Å²) in [5.74, 6) is 0.0677. The van der Waals surface area contributed by atoms with Gasteiger partial charge in [0.25, 0.3) is 0 Å². The molecule has 0 aliphatic heterocycles. The zero-order valence-electron chi connectivity index (χ0n) is 15.4. The molecule has 7 nitrogen and oxygen atoms in total. The van der Waals surface area contributed by atoms with Crippen LogP contribution in [-0.2, 0) is 17.8 Å². The van der Waals surface area contributed by atoms with Crippen LogP contribution in [0.25, 0.3) is 22.4 Å². The van der Waals surface area contributed by atoms with Crippen LogP contribution < -0.4 is 0 Å². The summed E-state index contributed by atoms with van der Waals surface area (Å²) in [5.41, 5.74) is 5.29. The predicted molar refractivity (Wildman–Crippen MR) is 104 cm³/mol. The maximum Gasteiger partial charge on any atom is 0.158 e. The molecule has 0 amide bonds. The van der Waals surface area contributed by atoms with E-state index in [9.17, 15) is 4.79 Å². The van der Waals surface area contributed by atoms with Gasteiger partial charge in [-0.15, -0.1) is 0 Å². The summed E-state index contributed by atoms with van der Waals surface area (Å²) < 4.78 is 1.79. The average Bonchev–Trinajstić information content (AvgIpc) is 3.17. The Bertz CT molecular complexity index is 1090. The van der Waals surface area contributed by atoms with Crippen LogP contribution in [0.4, 0.5) is 0 Å². The van der Waals surface area contributed by atoms with Gasteiger partial charge in [0.15, 0.2) is 5.78 Å². The van der Waals surface area contributed by atoms with E-state index in [0.717, 1.165) is 33.8 Å². The zero-order valence-corrected chi connectivity index (χ0v) is 15.4. The molecule has 4 aromatic heterocycles. The monoisotopic (exact) mass is 370 g/mol. The number of rotatable bonds is 6. The van der Waals surface area contributed by atoms with Crippen molar-refractivity contribution in [2.24, 2.45) is 0 Å². The smallest absolute Gasteiger partial charge is 0.158 e. The van der Waals surface area contributed by atoms with Crippen LogP contribution in [0.1, 0.15) is 11.4 Å². The third-order valence-corrected chi connectivity index (χ3v) is 4.28. The van der Waals surface area contributed by atoms with Gasteiger partial charge in [0.05, 0.1) is 25.0 Å². The fraction of sp³-hybridized carbons (Fsp3) is 0.143. The van der Waals surface area contributed by atoms with Crippen molar-refractivity contribution < 1.29 is 4.79 Å². The molecule has 28 heavy (non-hydrogen) atoms. The molecule has 4 heterocycles. The molecule has 0 aliphatic rings. The Labute approximate surface area is 162 Å². The summed E-state index contributed by atoms with van der Waals surface area (Å²) in [6.45, 7) is 2.19. The molecule has 0 N–H and O–H groups in total. The van der Waals surface area contributed by atoms with Gasteiger partial charge in [-0.3, -0.25) is 14.8 Å². The number of pyridine rings is 2. The first-order valence-corrected chi connectivity index (χ1v) is 8.84. The Hall–Kier alpha value is -3.74. The molecule has 4 rings (SSSR count). The maximum atomic E-state index is 12.4. The van der Waals surface area contributed by atoms with Crippen LogP contribution in [-0.4, -0.2) is 35.3 Å². The quantitative estimate of drug-likeness (QED) is 0.519. The second-order valence-electron chi connectivity index (χ2n) is 6.50. The molecule has 0 atom stereocenters. The molecule has 0 bridgehead atoms. The van der Waals surface area contributed by atoms with Gasteiger partial charge < -0.3 is 4.57 Å². The number of imidazole rings is 1. The van der Waals surface area contributed by atoms with Gasteiger partial charge in [-0.2, -0.15) is 0 Å². The van der Waals surface area contributed by atoms with Gasteiger partial charge >= 0.3 is 0 Å². The summed E-state index contributed by atoms with van der Waals surface area (Å²) in [5, 5.41) is 0. The highest BCUT2D eigenvalue weighted by Gasteiger charge is 2.09. The lowest BCUT2D eigenvalue weighted by atomic mass is 10.1. The number of hydrogen-bond acceptors (Lipinski definition) is 6. The van der Waals surface area contributed by atoms with E-state index in [4.69, 9.17) is 0 Å². The van der Waals surface area contributed by atoms with Crippen LogP contribution in [0.3, 0.4) is 0 Å². The Morgan fingerprint density at radius 2 is 1.82 bits per heavy atom. The zero-order chi connectivity index (χ0) is 19.3. The number of ketones is 1. The summed E-state index contributed by atoms with van der Waals surface area (Å²) in [4.78, 5) is 33.4. The lowest BCUT2D eigenvalue weighted by molar-refractivity contribution is -0.119. The molecule has 7 heteroatoms. The highest BCUT2D eigenvalue weighted by molar-refractivity contribution is 5.80. The molecule has 0 aromatic carbocycles. The molecule has 0 saturated carbocycles. The Kier molecular flexibility index (Phi) is 4.97. The fourth-order valence-corrected chi connectivity index (χ4v) is 2.91. The Morgan fingerprint density at radius 3 is 2.57 bits per heavy atom. The van der Waals surface area contributed by atoms with Crippen molar-refractivity contribution in [1.82, 2.24) is 29.5 Å². The van der Waals surface area contributed by atoms with Crippen molar-refractivity contribution in [3.63, 3.8) is 0 Å². The molecule has 0 fully saturated rings. The molecule has 0 aliphatic carbocycles. The third-order valence-electron chi connectivity index (χ3n) is 4.28. The van der Waals surface area contributed by atoms with E-state index in [0.29, 0.717) is 0 Å². The maximum absolute atomic E-state index is 12.4. The normalized spacial score (nSPS) is 10.8. The van der Waals surface area contributed by atoms with E-state index in [1.54, 1.807) is 35.7 Å². The first-order chi connectivity index (χ1) is 13.7. The van der Waals surface area contributed by atoms with E-state index in [2.05, 4.69) is 24.9 Å². The molecule has 0 radical (unpaired) electrons. The van der Waals surface area contributed by atoms with E-state index in [-0.39, 0.29) is 18.7 Å². The SMILES string of the molecule is Cc1cc(-c2cn(CC(=O)Cc3ccc(-c4cncnc4)cn3)cn2)ccn1. The second-order valence-corrected chi connectivity index (χ2v) is 6.50. The van der Waals surface area contributed by atoms with E-state index in [1.165, 1.54) is 6.33 Å². The molecular weight excluding hydrogens is 352 g/mol. The van der Waals surface area contributed by atoms with Crippen molar-refractivity contribution >= 4 is 5.78 Å². The fourth-order valence-electron chi connectivity index (χ4n) is 2.91. The van der Waals surface area contributed by atoms with Crippen LogP contribution in [0.15, 0.2) is 67.9 Å². The van der Waals surface area contributed by atoms with E-state index >= 15 is 0 Å². The Morgan fingerprint density at radius 1 is 0.964 bits per heavy atom. The molecular formula is C21H18N6O. The van der Waals surface area contributed by atoms with Gasteiger partial charge in [-0.25, -0.2) is 15.0 Å². The van der Waals surface area contributed by atoms with Crippen LogP contribution in [0.5, 0.6) is 0 Å². The minimum Gasteiger partial charge on any atom is -0.329 e. The van der Waals surface area contributed by atoms with Gasteiger partial charge in [-0.1, -0.05) is 6.07 Å². The number of aromatic nitrogens is 6. The average molecular weight is 370 g/mol. The van der Waals surface area contributed by atoms with Gasteiger partial charge in [0.2, 0.25) is 0 Å². The van der Waals surface area contributed by atoms with Crippen molar-refractivity contribution in [3.8, 4) is 22.4 Å². The minimum atomic E-state index is 0.0677. The lowest BCUT2D eigenvalue weighted by Gasteiger charge is -2.04. The Balaban J connectivity index is 1.39. The summed E-state index contributed by atoms with van der Waals surface area (Å²) in [6.07, 6.45) is 12.3. The van der Waals surface area contributed by atoms with Crippen LogP contribution >= 0.6 is 0 Å². The molecule has 0 spiro atoms. The molecule has 138 valence electrons. The van der Waals surface area contributed by atoms with Crippen molar-refractivity contribution in [2.75, 3.05) is 0 Å². The first-order valence-electron chi connectivity index (χ1n) is 8.84.